The van der Waals surface area contributed by atoms with E-state index in [0.717, 1.165) is 12.8 Å². The molecule has 1 aromatic rings. The lowest BCUT2D eigenvalue weighted by atomic mass is 10.0. The van der Waals surface area contributed by atoms with Crippen molar-refractivity contribution in [3.05, 3.63) is 28.1 Å². The Hall–Kier alpha value is -1.65. The third-order valence-electron chi connectivity index (χ3n) is 4.98. The number of unbranched alkanes of at least 4 members (excludes halogenated alkanes) is 13. The molecule has 0 fully saturated rings. The van der Waals surface area contributed by atoms with Crippen molar-refractivity contribution in [3.63, 3.8) is 0 Å². The summed E-state index contributed by atoms with van der Waals surface area (Å²) < 4.78 is 0. The number of aromatic nitrogens is 1. The van der Waals surface area contributed by atoms with Crippen LogP contribution in [0.3, 0.4) is 0 Å². The first-order chi connectivity index (χ1) is 12.7. The van der Waals surface area contributed by atoms with Crippen LogP contribution in [0.2, 0.25) is 0 Å². The zero-order chi connectivity index (χ0) is 19.0. The second-order valence-corrected chi connectivity index (χ2v) is 7.30. The number of hydrogen-bond donors (Lipinski definition) is 1. The molecule has 26 heavy (non-hydrogen) atoms. The fourth-order valence-electron chi connectivity index (χ4n) is 3.39. The third-order valence-corrected chi connectivity index (χ3v) is 4.98. The minimum atomic E-state index is -0.415. The molecule has 0 aromatic carbocycles. The molecular weight excluding hydrogens is 326 g/mol. The van der Waals surface area contributed by atoms with Gasteiger partial charge in [-0.05, 0) is 18.9 Å². The van der Waals surface area contributed by atoms with Crippen molar-refractivity contribution in [1.82, 2.24) is 4.98 Å². The number of nitrogens with zero attached hydrogens (tertiary/aromatic N) is 2. The highest BCUT2D eigenvalue weighted by Gasteiger charge is 2.18. The maximum absolute atomic E-state index is 11.1. The molecule has 1 aromatic heterocycles. The fourth-order valence-corrected chi connectivity index (χ4v) is 3.39. The summed E-state index contributed by atoms with van der Waals surface area (Å²) in [6.07, 6.45) is 20.5. The fraction of sp³-hybridized carbons (Fsp3) is 0.762. The Balaban J connectivity index is 1.97. The molecule has 1 rings (SSSR count). The molecule has 1 heterocycles. The Morgan fingerprint density at radius 2 is 1.35 bits per heavy atom. The maximum Gasteiger partial charge on any atom is 0.313 e. The second-order valence-electron chi connectivity index (χ2n) is 7.30. The summed E-state index contributed by atoms with van der Waals surface area (Å²) in [4.78, 5) is 14.8. The highest BCUT2D eigenvalue weighted by molar-refractivity contribution is 5.59. The van der Waals surface area contributed by atoms with E-state index in [1.165, 1.54) is 83.1 Å². The average Bonchev–Trinajstić information content (AvgIpc) is 2.61. The van der Waals surface area contributed by atoms with Crippen molar-refractivity contribution in [2.24, 2.45) is 0 Å². The van der Waals surface area contributed by atoms with Crippen molar-refractivity contribution in [1.29, 1.82) is 0 Å². The van der Waals surface area contributed by atoms with Crippen molar-refractivity contribution in [2.45, 2.75) is 103 Å². The Morgan fingerprint density at radius 3 is 1.81 bits per heavy atom. The molecule has 0 radical (unpaired) electrons. The van der Waals surface area contributed by atoms with E-state index in [1.807, 2.05) is 0 Å². The molecule has 5 heteroatoms. The molecule has 0 aliphatic rings. The number of pyridine rings is 1. The lowest BCUT2D eigenvalue weighted by molar-refractivity contribution is -0.385. The molecule has 0 atom stereocenters. The molecular formula is C21H37N3O2. The van der Waals surface area contributed by atoms with E-state index in [0.29, 0.717) is 12.1 Å². The lowest BCUT2D eigenvalue weighted by Gasteiger charge is -2.05. The van der Waals surface area contributed by atoms with E-state index in [4.69, 9.17) is 5.73 Å². The van der Waals surface area contributed by atoms with Gasteiger partial charge in [0.05, 0.1) is 4.92 Å². The van der Waals surface area contributed by atoms with E-state index in [2.05, 4.69) is 11.9 Å². The van der Waals surface area contributed by atoms with E-state index < -0.39 is 4.92 Å². The van der Waals surface area contributed by atoms with Crippen molar-refractivity contribution < 1.29 is 4.92 Å². The number of nitrogen functional groups attached to an aromatic ring is 1. The van der Waals surface area contributed by atoms with Crippen LogP contribution in [0.1, 0.15) is 103 Å². The minimum Gasteiger partial charge on any atom is -0.393 e. The van der Waals surface area contributed by atoms with Gasteiger partial charge >= 0.3 is 5.69 Å². The van der Waals surface area contributed by atoms with E-state index in [1.54, 1.807) is 6.20 Å². The molecule has 0 saturated carbocycles. The van der Waals surface area contributed by atoms with Crippen LogP contribution < -0.4 is 5.73 Å². The maximum atomic E-state index is 11.1. The largest absolute Gasteiger partial charge is 0.393 e. The zero-order valence-corrected chi connectivity index (χ0v) is 16.5. The highest BCUT2D eigenvalue weighted by Crippen LogP contribution is 2.25. The predicted octanol–water partition coefficient (Wildman–Crippen LogP) is 6.60. The van der Waals surface area contributed by atoms with Crippen LogP contribution >= 0.6 is 0 Å². The SMILES string of the molecule is CCCCCCCCCCCCCCCCc1nccc(N)c1[N+](=O)[O-]. The third kappa shape index (κ3) is 9.73. The minimum absolute atomic E-state index is 0.0119. The average molecular weight is 364 g/mol. The van der Waals surface area contributed by atoms with E-state index >= 15 is 0 Å². The van der Waals surface area contributed by atoms with Gasteiger partial charge in [0, 0.05) is 6.20 Å². The van der Waals surface area contributed by atoms with Crippen LogP contribution in [0.4, 0.5) is 11.4 Å². The molecule has 0 spiro atoms. The number of hydrogen-bond acceptors (Lipinski definition) is 4. The molecule has 0 bridgehead atoms. The van der Waals surface area contributed by atoms with Gasteiger partial charge in [0.25, 0.3) is 0 Å². The number of anilines is 1. The van der Waals surface area contributed by atoms with Crippen LogP contribution in [0.5, 0.6) is 0 Å². The molecule has 0 unspecified atom stereocenters. The van der Waals surface area contributed by atoms with Crippen LogP contribution in [-0.2, 0) is 6.42 Å². The van der Waals surface area contributed by atoms with Gasteiger partial charge in [-0.2, -0.15) is 0 Å². The van der Waals surface area contributed by atoms with Gasteiger partial charge in [0.15, 0.2) is 0 Å². The summed E-state index contributed by atoms with van der Waals surface area (Å²) >= 11 is 0. The second kappa shape index (κ2) is 14.5. The molecule has 0 saturated heterocycles. The summed E-state index contributed by atoms with van der Waals surface area (Å²) in [5.74, 6) is 0. The van der Waals surface area contributed by atoms with Crippen LogP contribution in [-0.4, -0.2) is 9.91 Å². The summed E-state index contributed by atoms with van der Waals surface area (Å²) in [7, 11) is 0. The van der Waals surface area contributed by atoms with Gasteiger partial charge in [0.2, 0.25) is 0 Å². The molecule has 0 aliphatic heterocycles. The number of nitrogens with two attached hydrogens (primary N) is 1. The van der Waals surface area contributed by atoms with Crippen LogP contribution in [0.25, 0.3) is 0 Å². The topological polar surface area (TPSA) is 82.0 Å². The van der Waals surface area contributed by atoms with Crippen LogP contribution in [0, 0.1) is 10.1 Å². The highest BCUT2D eigenvalue weighted by atomic mass is 16.6. The molecule has 2 N–H and O–H groups in total. The van der Waals surface area contributed by atoms with Gasteiger partial charge in [-0.3, -0.25) is 15.1 Å². The smallest absolute Gasteiger partial charge is 0.313 e. The van der Waals surface area contributed by atoms with Crippen LogP contribution in [0.15, 0.2) is 12.3 Å². The van der Waals surface area contributed by atoms with Crippen molar-refractivity contribution in [2.75, 3.05) is 5.73 Å². The van der Waals surface area contributed by atoms with E-state index in [9.17, 15) is 10.1 Å². The first-order valence-corrected chi connectivity index (χ1v) is 10.5. The first kappa shape index (κ1) is 22.4. The standard InChI is InChI=1S/C21H37N3O2/c1-2-3-4-5-6-7-8-9-10-11-12-13-14-15-16-20-21(24(25)26)19(22)17-18-23-20/h17-18H,2-16H2,1H3,(H2,22,23). The number of nitro groups is 1. The van der Waals surface area contributed by atoms with Gasteiger partial charge in [-0.1, -0.05) is 90.4 Å². The van der Waals surface area contributed by atoms with Gasteiger partial charge < -0.3 is 5.73 Å². The normalized spacial score (nSPS) is 11.0. The van der Waals surface area contributed by atoms with Gasteiger partial charge in [-0.25, -0.2) is 0 Å². The summed E-state index contributed by atoms with van der Waals surface area (Å²) in [5.41, 5.74) is 6.41. The quantitative estimate of drug-likeness (QED) is 0.204. The van der Waals surface area contributed by atoms with Crippen molar-refractivity contribution in [3.8, 4) is 0 Å². The van der Waals surface area contributed by atoms with E-state index in [-0.39, 0.29) is 11.4 Å². The van der Waals surface area contributed by atoms with Crippen molar-refractivity contribution >= 4 is 11.4 Å². The molecule has 0 aliphatic carbocycles. The predicted molar refractivity (Wildman–Crippen MR) is 109 cm³/mol. The Bertz CT molecular complexity index is 506. The lowest BCUT2D eigenvalue weighted by Crippen LogP contribution is -2.03. The Labute approximate surface area is 158 Å². The van der Waals surface area contributed by atoms with Gasteiger partial charge in [0.1, 0.15) is 11.4 Å². The monoisotopic (exact) mass is 363 g/mol. The zero-order valence-electron chi connectivity index (χ0n) is 16.5. The number of rotatable bonds is 16. The summed E-state index contributed by atoms with van der Waals surface area (Å²) in [6.45, 7) is 2.26. The Kier molecular flexibility index (Phi) is 12.5. The summed E-state index contributed by atoms with van der Waals surface area (Å²) in [6, 6.07) is 1.49. The Morgan fingerprint density at radius 1 is 0.885 bits per heavy atom. The summed E-state index contributed by atoms with van der Waals surface area (Å²) in [5, 5.41) is 11.1. The molecule has 0 amide bonds. The number of aryl methyl sites for hydroxylation is 1. The molecule has 148 valence electrons. The van der Waals surface area contributed by atoms with Gasteiger partial charge in [-0.15, -0.1) is 0 Å². The first-order valence-electron chi connectivity index (χ1n) is 10.5. The molecule has 5 nitrogen and oxygen atoms in total.